The standard InChI is InChI=1S/C14H16BrN7/c15-11-12(8-2-1-3-17-4-8)21-14-10(9-5-18-19-6-9)7-20-22(14)13(11)16/h5-8,17H,1-4,16H2,(H,18,19). The van der Waals surface area contributed by atoms with Crippen LogP contribution in [0.1, 0.15) is 24.5 Å². The summed E-state index contributed by atoms with van der Waals surface area (Å²) in [5, 5.41) is 14.6. The van der Waals surface area contributed by atoms with Gasteiger partial charge in [0.2, 0.25) is 0 Å². The number of halogens is 1. The summed E-state index contributed by atoms with van der Waals surface area (Å²) >= 11 is 3.60. The van der Waals surface area contributed by atoms with Crippen LogP contribution in [0.25, 0.3) is 16.8 Å². The Labute approximate surface area is 135 Å². The lowest BCUT2D eigenvalue weighted by Crippen LogP contribution is -2.29. The third kappa shape index (κ3) is 2.10. The Morgan fingerprint density at radius 3 is 3.00 bits per heavy atom. The number of anilines is 1. The van der Waals surface area contributed by atoms with Crippen molar-refractivity contribution >= 4 is 27.4 Å². The summed E-state index contributed by atoms with van der Waals surface area (Å²) in [5.74, 6) is 0.947. The topological polar surface area (TPSA) is 96.9 Å². The van der Waals surface area contributed by atoms with Gasteiger partial charge in [-0.3, -0.25) is 5.10 Å². The highest BCUT2D eigenvalue weighted by molar-refractivity contribution is 9.10. The van der Waals surface area contributed by atoms with Crippen LogP contribution in [-0.2, 0) is 0 Å². The molecule has 1 aliphatic heterocycles. The van der Waals surface area contributed by atoms with Crippen LogP contribution >= 0.6 is 15.9 Å². The van der Waals surface area contributed by atoms with E-state index in [0.717, 1.165) is 52.9 Å². The number of nitrogen functional groups attached to an aromatic ring is 1. The van der Waals surface area contributed by atoms with E-state index >= 15 is 0 Å². The molecular weight excluding hydrogens is 346 g/mol. The molecular formula is C14H16BrN7. The first-order chi connectivity index (χ1) is 10.8. The third-order valence-corrected chi connectivity index (χ3v) is 4.95. The second kappa shape index (κ2) is 5.36. The number of nitrogens with zero attached hydrogens (tertiary/aromatic N) is 4. The molecule has 4 N–H and O–H groups in total. The lowest BCUT2D eigenvalue weighted by molar-refractivity contribution is 0.453. The van der Waals surface area contributed by atoms with E-state index in [9.17, 15) is 0 Å². The van der Waals surface area contributed by atoms with Crippen LogP contribution in [0.2, 0.25) is 0 Å². The summed E-state index contributed by atoms with van der Waals surface area (Å²) in [6.45, 7) is 2.00. The van der Waals surface area contributed by atoms with Crippen molar-refractivity contribution in [1.82, 2.24) is 30.1 Å². The van der Waals surface area contributed by atoms with Crippen molar-refractivity contribution in [2.45, 2.75) is 18.8 Å². The molecule has 1 unspecified atom stereocenters. The third-order valence-electron chi connectivity index (χ3n) is 4.14. The lowest BCUT2D eigenvalue weighted by atomic mass is 9.96. The van der Waals surface area contributed by atoms with Crippen LogP contribution in [0.5, 0.6) is 0 Å². The van der Waals surface area contributed by atoms with Gasteiger partial charge in [0, 0.05) is 29.8 Å². The second-order valence-corrected chi connectivity index (χ2v) is 6.31. The predicted octanol–water partition coefficient (Wildman–Crippen LogP) is 1.93. The van der Waals surface area contributed by atoms with Gasteiger partial charge in [-0.1, -0.05) is 0 Å². The molecule has 7 nitrogen and oxygen atoms in total. The molecule has 1 atom stereocenters. The number of nitrogens with two attached hydrogens (primary N) is 1. The molecule has 3 aromatic rings. The first-order valence-corrected chi connectivity index (χ1v) is 8.07. The van der Waals surface area contributed by atoms with E-state index in [-0.39, 0.29) is 0 Å². The molecule has 0 spiro atoms. The van der Waals surface area contributed by atoms with Gasteiger partial charge < -0.3 is 11.1 Å². The molecule has 0 bridgehead atoms. The molecule has 3 aromatic heterocycles. The molecule has 0 saturated carbocycles. The number of hydrogen-bond acceptors (Lipinski definition) is 5. The number of rotatable bonds is 2. The van der Waals surface area contributed by atoms with Crippen molar-refractivity contribution in [1.29, 1.82) is 0 Å². The molecule has 114 valence electrons. The molecule has 1 fully saturated rings. The minimum Gasteiger partial charge on any atom is -0.383 e. The molecule has 1 aliphatic rings. The van der Waals surface area contributed by atoms with E-state index in [1.165, 1.54) is 0 Å². The van der Waals surface area contributed by atoms with Crippen LogP contribution in [0.4, 0.5) is 5.82 Å². The molecule has 0 aromatic carbocycles. The highest BCUT2D eigenvalue weighted by atomic mass is 79.9. The number of nitrogens with one attached hydrogen (secondary N) is 2. The minimum atomic E-state index is 0.363. The van der Waals surface area contributed by atoms with E-state index in [2.05, 4.69) is 36.5 Å². The average molecular weight is 362 g/mol. The van der Waals surface area contributed by atoms with Gasteiger partial charge in [-0.05, 0) is 35.3 Å². The van der Waals surface area contributed by atoms with Crippen LogP contribution in [0.15, 0.2) is 23.1 Å². The van der Waals surface area contributed by atoms with E-state index in [0.29, 0.717) is 11.7 Å². The Morgan fingerprint density at radius 1 is 1.36 bits per heavy atom. The van der Waals surface area contributed by atoms with Gasteiger partial charge >= 0.3 is 0 Å². The van der Waals surface area contributed by atoms with Crippen molar-refractivity contribution in [3.8, 4) is 11.1 Å². The maximum atomic E-state index is 6.26. The fourth-order valence-corrected chi connectivity index (χ4v) is 3.55. The van der Waals surface area contributed by atoms with Crippen molar-refractivity contribution < 1.29 is 0 Å². The molecule has 4 heterocycles. The zero-order valence-corrected chi connectivity index (χ0v) is 13.5. The maximum absolute atomic E-state index is 6.26. The van der Waals surface area contributed by atoms with E-state index in [1.807, 2.05) is 6.20 Å². The first kappa shape index (κ1) is 13.7. The van der Waals surface area contributed by atoms with Gasteiger partial charge in [0.05, 0.1) is 22.6 Å². The van der Waals surface area contributed by atoms with Crippen LogP contribution in [0.3, 0.4) is 0 Å². The normalized spacial score (nSPS) is 18.9. The van der Waals surface area contributed by atoms with Crippen molar-refractivity contribution in [2.24, 2.45) is 0 Å². The van der Waals surface area contributed by atoms with Crippen molar-refractivity contribution in [3.05, 3.63) is 28.8 Å². The minimum absolute atomic E-state index is 0.363. The molecule has 22 heavy (non-hydrogen) atoms. The van der Waals surface area contributed by atoms with Crippen LogP contribution < -0.4 is 11.1 Å². The zero-order valence-electron chi connectivity index (χ0n) is 11.9. The number of fused-ring (bicyclic) bond motifs is 1. The summed E-state index contributed by atoms with van der Waals surface area (Å²) < 4.78 is 2.52. The molecule has 8 heteroatoms. The molecule has 0 aliphatic carbocycles. The predicted molar refractivity (Wildman–Crippen MR) is 87.5 cm³/mol. The maximum Gasteiger partial charge on any atom is 0.165 e. The summed E-state index contributed by atoms with van der Waals surface area (Å²) in [5.41, 5.74) is 9.92. The van der Waals surface area contributed by atoms with E-state index < -0.39 is 0 Å². The second-order valence-electron chi connectivity index (χ2n) is 5.52. The zero-order chi connectivity index (χ0) is 15.1. The van der Waals surface area contributed by atoms with Gasteiger partial charge in [-0.25, -0.2) is 4.98 Å². The average Bonchev–Trinajstić information content (AvgIpc) is 3.20. The van der Waals surface area contributed by atoms with Gasteiger partial charge in [0.25, 0.3) is 0 Å². The van der Waals surface area contributed by atoms with Crippen molar-refractivity contribution in [3.63, 3.8) is 0 Å². The Morgan fingerprint density at radius 2 is 2.27 bits per heavy atom. The number of piperidine rings is 1. The van der Waals surface area contributed by atoms with Gasteiger partial charge in [-0.2, -0.15) is 14.7 Å². The van der Waals surface area contributed by atoms with Gasteiger partial charge in [0.15, 0.2) is 5.65 Å². The van der Waals surface area contributed by atoms with E-state index in [1.54, 1.807) is 16.9 Å². The first-order valence-electron chi connectivity index (χ1n) is 7.28. The van der Waals surface area contributed by atoms with E-state index in [4.69, 9.17) is 10.7 Å². The number of aromatic nitrogens is 5. The number of H-pyrrole nitrogens is 1. The Balaban J connectivity index is 1.90. The molecule has 4 rings (SSSR count). The van der Waals surface area contributed by atoms with Crippen LogP contribution in [-0.4, -0.2) is 37.9 Å². The SMILES string of the molecule is Nc1c(Br)c(C2CCCNC2)nc2c(-c3cn[nH]c3)cnn12. The fourth-order valence-electron chi connectivity index (χ4n) is 2.97. The number of hydrogen-bond donors (Lipinski definition) is 3. The van der Waals surface area contributed by atoms with Crippen LogP contribution in [0, 0.1) is 0 Å². The van der Waals surface area contributed by atoms with Crippen molar-refractivity contribution in [2.75, 3.05) is 18.8 Å². The molecule has 0 amide bonds. The highest BCUT2D eigenvalue weighted by Gasteiger charge is 2.23. The van der Waals surface area contributed by atoms with Gasteiger partial charge in [0.1, 0.15) is 5.82 Å². The summed E-state index contributed by atoms with van der Waals surface area (Å²) in [4.78, 5) is 4.87. The Bertz CT molecular complexity index is 802. The Kier molecular flexibility index (Phi) is 3.34. The van der Waals surface area contributed by atoms with Gasteiger partial charge in [-0.15, -0.1) is 0 Å². The smallest absolute Gasteiger partial charge is 0.165 e. The molecule has 1 saturated heterocycles. The monoisotopic (exact) mass is 361 g/mol. The summed E-state index contributed by atoms with van der Waals surface area (Å²) in [7, 11) is 0. The summed E-state index contributed by atoms with van der Waals surface area (Å²) in [6, 6.07) is 0. The fraction of sp³-hybridized carbons (Fsp3) is 0.357. The lowest BCUT2D eigenvalue weighted by Gasteiger charge is -2.23. The summed E-state index contributed by atoms with van der Waals surface area (Å²) in [6.07, 6.45) is 7.64. The Hall–Kier alpha value is -1.93. The highest BCUT2D eigenvalue weighted by Crippen LogP contribution is 2.34. The largest absolute Gasteiger partial charge is 0.383 e. The molecule has 0 radical (unpaired) electrons. The number of aromatic amines is 1. The quantitative estimate of drug-likeness (QED) is 0.647.